The third-order valence-electron chi connectivity index (χ3n) is 8.01. The monoisotopic (exact) mass is 469 g/mol. The number of thiazole rings is 1. The summed E-state index contributed by atoms with van der Waals surface area (Å²) >= 11 is 1.62. The highest BCUT2D eigenvalue weighted by molar-refractivity contribution is 7.15. The molecule has 1 aromatic heterocycles. The number of amides is 1. The molecule has 4 rings (SSSR count). The zero-order chi connectivity index (χ0) is 23.6. The fraction of sp³-hybridized carbons (Fsp3) is 0.538. The summed E-state index contributed by atoms with van der Waals surface area (Å²) in [6.07, 6.45) is 3.77. The summed E-state index contributed by atoms with van der Waals surface area (Å²) in [5.41, 5.74) is 1.22. The van der Waals surface area contributed by atoms with E-state index in [9.17, 15) is 15.0 Å². The Morgan fingerprint density at radius 2 is 2.09 bits per heavy atom. The van der Waals surface area contributed by atoms with Gasteiger partial charge in [0, 0.05) is 35.7 Å². The van der Waals surface area contributed by atoms with Crippen LogP contribution in [0, 0.1) is 16.7 Å². The molecule has 0 bridgehead atoms. The first-order valence-corrected chi connectivity index (χ1v) is 12.6. The average molecular weight is 470 g/mol. The van der Waals surface area contributed by atoms with E-state index in [0.29, 0.717) is 25.9 Å². The Kier molecular flexibility index (Phi) is 6.93. The molecule has 1 aromatic carbocycles. The van der Waals surface area contributed by atoms with Gasteiger partial charge in [-0.15, -0.1) is 17.9 Å². The topological polar surface area (TPSA) is 94.5 Å². The van der Waals surface area contributed by atoms with Crippen LogP contribution in [0.15, 0.2) is 43.0 Å². The summed E-state index contributed by atoms with van der Waals surface area (Å²) in [5, 5.41) is 28.4. The highest BCUT2D eigenvalue weighted by Gasteiger charge is 2.59. The molecule has 7 heteroatoms. The molecule has 0 radical (unpaired) electrons. The molecule has 0 spiro atoms. The van der Waals surface area contributed by atoms with Crippen molar-refractivity contribution in [1.82, 2.24) is 10.3 Å². The van der Waals surface area contributed by atoms with Crippen LogP contribution >= 0.6 is 11.3 Å². The van der Waals surface area contributed by atoms with Crippen molar-refractivity contribution < 1.29 is 15.0 Å². The minimum absolute atomic E-state index is 0.00195. The van der Waals surface area contributed by atoms with Crippen molar-refractivity contribution in [1.29, 1.82) is 0 Å². The maximum Gasteiger partial charge on any atom is 0.220 e. The van der Waals surface area contributed by atoms with Crippen molar-refractivity contribution in [2.75, 3.05) is 18.5 Å². The minimum Gasteiger partial charge on any atom is -0.396 e. The number of benzene rings is 1. The summed E-state index contributed by atoms with van der Waals surface area (Å²) in [7, 11) is 0. The Labute approximate surface area is 200 Å². The zero-order valence-electron chi connectivity index (χ0n) is 19.5. The van der Waals surface area contributed by atoms with Crippen molar-refractivity contribution >= 4 is 22.4 Å². The van der Waals surface area contributed by atoms with Crippen LogP contribution in [-0.2, 0) is 17.8 Å². The van der Waals surface area contributed by atoms with Crippen molar-refractivity contribution in [3.8, 4) is 0 Å². The van der Waals surface area contributed by atoms with Gasteiger partial charge in [0.05, 0.1) is 18.4 Å². The van der Waals surface area contributed by atoms with Gasteiger partial charge in [-0.25, -0.2) is 4.98 Å². The molecule has 1 heterocycles. The number of carbonyl (C=O) groups is 1. The van der Waals surface area contributed by atoms with Crippen LogP contribution in [0.3, 0.4) is 0 Å². The van der Waals surface area contributed by atoms with E-state index in [4.69, 9.17) is 4.98 Å². The largest absolute Gasteiger partial charge is 0.396 e. The standard InChI is InChI=1S/C26H35N3O3S/c1-4-12-27-24-29-23-18(13-22(32)28-15-17-8-6-5-7-9-17)25(2)11-10-21(31)26(3,16-30)20(25)14-19(23)33-24/h4-9,18,20-21,30-31H,1,10-16H2,2-3H3,(H,27,29)(H,28,32)/t18-,20+,21-,25+,26+/m1/s1. The van der Waals surface area contributed by atoms with Gasteiger partial charge in [-0.3, -0.25) is 4.79 Å². The van der Waals surface area contributed by atoms with Gasteiger partial charge in [0.15, 0.2) is 5.13 Å². The Morgan fingerprint density at radius 3 is 2.79 bits per heavy atom. The maximum atomic E-state index is 13.1. The second-order valence-corrected chi connectivity index (χ2v) is 11.1. The van der Waals surface area contributed by atoms with Crippen molar-refractivity contribution in [2.24, 2.45) is 16.7 Å². The first-order valence-electron chi connectivity index (χ1n) is 11.8. The molecule has 1 amide bonds. The molecule has 2 aromatic rings. The van der Waals surface area contributed by atoms with E-state index in [1.165, 1.54) is 0 Å². The highest BCUT2D eigenvalue weighted by atomic mass is 32.1. The molecule has 2 aliphatic carbocycles. The van der Waals surface area contributed by atoms with Crippen LogP contribution < -0.4 is 10.6 Å². The van der Waals surface area contributed by atoms with Crippen LogP contribution in [0.5, 0.6) is 0 Å². The number of fused-ring (bicyclic) bond motifs is 2. The molecule has 1 fully saturated rings. The third-order valence-corrected chi connectivity index (χ3v) is 9.06. The number of nitrogens with one attached hydrogen (secondary N) is 2. The lowest BCUT2D eigenvalue weighted by molar-refractivity contribution is -0.144. The van der Waals surface area contributed by atoms with E-state index >= 15 is 0 Å². The van der Waals surface area contributed by atoms with Crippen LogP contribution in [0.4, 0.5) is 5.13 Å². The predicted octanol–water partition coefficient (Wildman–Crippen LogP) is 3.86. The second-order valence-electron chi connectivity index (χ2n) is 10.00. The molecular weight excluding hydrogens is 434 g/mol. The van der Waals surface area contributed by atoms with Crippen LogP contribution in [0.1, 0.15) is 55.2 Å². The average Bonchev–Trinajstić information content (AvgIpc) is 3.23. The van der Waals surface area contributed by atoms with E-state index in [1.807, 2.05) is 37.3 Å². The molecule has 1 saturated carbocycles. The molecule has 33 heavy (non-hydrogen) atoms. The number of carbonyl (C=O) groups excluding carboxylic acids is 1. The molecule has 4 N–H and O–H groups in total. The Morgan fingerprint density at radius 1 is 1.33 bits per heavy atom. The fourth-order valence-electron chi connectivity index (χ4n) is 5.93. The minimum atomic E-state index is -0.609. The van der Waals surface area contributed by atoms with Crippen LogP contribution in [-0.4, -0.2) is 40.4 Å². The van der Waals surface area contributed by atoms with E-state index < -0.39 is 11.5 Å². The summed E-state index contributed by atoms with van der Waals surface area (Å²) in [5.74, 6) is -0.0103. The smallest absolute Gasteiger partial charge is 0.220 e. The van der Waals surface area contributed by atoms with Gasteiger partial charge in [-0.05, 0) is 36.2 Å². The number of nitrogens with zero attached hydrogens (tertiary/aromatic N) is 1. The molecule has 0 aliphatic heterocycles. The van der Waals surface area contributed by atoms with Gasteiger partial charge in [0.25, 0.3) is 0 Å². The number of hydrogen-bond acceptors (Lipinski definition) is 6. The number of aliphatic hydroxyl groups excluding tert-OH is 2. The normalized spacial score (nSPS) is 30.7. The fourth-order valence-corrected chi connectivity index (χ4v) is 7.01. The third kappa shape index (κ3) is 4.46. The van der Waals surface area contributed by atoms with Gasteiger partial charge in [0.2, 0.25) is 5.91 Å². The summed E-state index contributed by atoms with van der Waals surface area (Å²) in [6, 6.07) is 9.91. The van der Waals surface area contributed by atoms with Crippen LogP contribution in [0.25, 0.3) is 0 Å². The van der Waals surface area contributed by atoms with E-state index in [1.54, 1.807) is 17.4 Å². The van der Waals surface area contributed by atoms with Crippen LogP contribution in [0.2, 0.25) is 0 Å². The Balaban J connectivity index is 1.64. The van der Waals surface area contributed by atoms with Crippen molar-refractivity contribution in [3.63, 3.8) is 0 Å². The van der Waals surface area contributed by atoms with Gasteiger partial charge in [-0.2, -0.15) is 0 Å². The van der Waals surface area contributed by atoms with E-state index in [0.717, 1.165) is 34.1 Å². The molecule has 6 nitrogen and oxygen atoms in total. The quantitative estimate of drug-likeness (QED) is 0.441. The first-order chi connectivity index (χ1) is 15.8. The van der Waals surface area contributed by atoms with E-state index in [2.05, 4.69) is 24.1 Å². The number of hydrogen-bond donors (Lipinski definition) is 4. The molecule has 178 valence electrons. The number of aromatic nitrogens is 1. The first kappa shape index (κ1) is 23.9. The molecular formula is C26H35N3O3S. The molecule has 2 aliphatic rings. The molecule has 0 saturated heterocycles. The second kappa shape index (κ2) is 9.57. The van der Waals surface area contributed by atoms with Gasteiger partial charge in [0.1, 0.15) is 0 Å². The highest BCUT2D eigenvalue weighted by Crippen LogP contribution is 2.62. The number of rotatable bonds is 8. The molecule has 5 atom stereocenters. The van der Waals surface area contributed by atoms with Gasteiger partial charge < -0.3 is 20.8 Å². The van der Waals surface area contributed by atoms with E-state index in [-0.39, 0.29) is 29.8 Å². The lowest BCUT2D eigenvalue weighted by atomic mass is 9.47. The van der Waals surface area contributed by atoms with Crippen molar-refractivity contribution in [2.45, 2.75) is 58.1 Å². The Hall–Kier alpha value is -2.22. The number of anilines is 1. The SMILES string of the molecule is C=CCNc1nc2c(s1)C[C@@H]1[C@](C)(CO)[C@H](O)CC[C@@]1(C)[C@@H]2CC(=O)NCc1ccccc1. The number of aliphatic hydroxyl groups is 2. The lowest BCUT2D eigenvalue weighted by Gasteiger charge is -2.58. The maximum absolute atomic E-state index is 13.1. The zero-order valence-corrected chi connectivity index (χ0v) is 20.3. The predicted molar refractivity (Wildman–Crippen MR) is 132 cm³/mol. The van der Waals surface area contributed by atoms with Gasteiger partial charge in [-0.1, -0.05) is 50.3 Å². The summed E-state index contributed by atoms with van der Waals surface area (Å²) in [4.78, 5) is 19.2. The summed E-state index contributed by atoms with van der Waals surface area (Å²) < 4.78 is 0. The van der Waals surface area contributed by atoms with Gasteiger partial charge >= 0.3 is 0 Å². The Bertz CT molecular complexity index is 994. The van der Waals surface area contributed by atoms with Crippen molar-refractivity contribution in [3.05, 3.63) is 59.1 Å². The summed E-state index contributed by atoms with van der Waals surface area (Å²) in [6.45, 7) is 9.05. The molecule has 0 unspecified atom stereocenters. The lowest BCUT2D eigenvalue weighted by Crippen LogP contribution is -2.57.